The first-order chi connectivity index (χ1) is 13.9. The largest absolute Gasteiger partial charge is 0.394 e. The molecular formula is C23H28N5O+. The Balaban J connectivity index is 1.84. The van der Waals surface area contributed by atoms with Crippen molar-refractivity contribution >= 4 is 22.8 Å². The van der Waals surface area contributed by atoms with E-state index in [0.717, 1.165) is 18.7 Å². The summed E-state index contributed by atoms with van der Waals surface area (Å²) in [6.07, 6.45) is 11.2. The van der Waals surface area contributed by atoms with E-state index in [9.17, 15) is 5.11 Å². The van der Waals surface area contributed by atoms with Crippen LogP contribution in [0.5, 0.6) is 0 Å². The zero-order valence-corrected chi connectivity index (χ0v) is 17.3. The van der Waals surface area contributed by atoms with Crippen LogP contribution >= 0.6 is 0 Å². The van der Waals surface area contributed by atoms with Gasteiger partial charge in [-0.05, 0) is 28.7 Å². The summed E-state index contributed by atoms with van der Waals surface area (Å²) in [7, 11) is 0. The molecule has 0 spiro atoms. The van der Waals surface area contributed by atoms with Crippen LogP contribution in [0.3, 0.4) is 0 Å². The molecule has 6 heteroatoms. The second-order valence-electron chi connectivity index (χ2n) is 8.42. The number of nitrogens with zero attached hydrogens (tertiary/aromatic N) is 4. The summed E-state index contributed by atoms with van der Waals surface area (Å²) < 4.78 is 3.85. The third-order valence-corrected chi connectivity index (χ3v) is 5.33. The van der Waals surface area contributed by atoms with E-state index in [4.69, 9.17) is 10.7 Å². The molecule has 3 N–H and O–H groups in total. The maximum atomic E-state index is 9.18. The van der Waals surface area contributed by atoms with E-state index in [2.05, 4.69) is 73.1 Å². The van der Waals surface area contributed by atoms with Gasteiger partial charge in [0.15, 0.2) is 12.7 Å². The van der Waals surface area contributed by atoms with Crippen molar-refractivity contribution in [3.8, 4) is 0 Å². The van der Waals surface area contributed by atoms with Crippen LogP contribution in [-0.4, -0.2) is 27.2 Å². The molecule has 2 aliphatic rings. The van der Waals surface area contributed by atoms with E-state index in [1.165, 1.54) is 22.4 Å². The van der Waals surface area contributed by atoms with Crippen molar-refractivity contribution < 1.29 is 9.67 Å². The van der Waals surface area contributed by atoms with Gasteiger partial charge in [-0.1, -0.05) is 32.9 Å². The fraction of sp³-hybridized carbons (Fsp3) is 0.348. The fourth-order valence-corrected chi connectivity index (χ4v) is 4.10. The van der Waals surface area contributed by atoms with E-state index in [0.29, 0.717) is 18.1 Å². The van der Waals surface area contributed by atoms with Crippen molar-refractivity contribution in [3.63, 3.8) is 0 Å². The minimum atomic E-state index is -0.0855. The second kappa shape index (κ2) is 7.44. The first-order valence-corrected chi connectivity index (χ1v) is 10.0. The molecule has 0 saturated carbocycles. The number of allylic oxidation sites excluding steroid dienone is 6. The Bertz CT molecular complexity index is 1060. The highest BCUT2D eigenvalue weighted by Crippen LogP contribution is 2.40. The second-order valence-corrected chi connectivity index (χ2v) is 8.42. The van der Waals surface area contributed by atoms with Gasteiger partial charge in [-0.15, -0.1) is 0 Å². The van der Waals surface area contributed by atoms with Gasteiger partial charge in [0, 0.05) is 24.3 Å². The summed E-state index contributed by atoms with van der Waals surface area (Å²) in [5.74, 6) is 0.483. The van der Waals surface area contributed by atoms with Crippen LogP contribution < -0.4 is 10.3 Å². The smallest absolute Gasteiger partial charge is 0.213 e. The van der Waals surface area contributed by atoms with Gasteiger partial charge in [0.25, 0.3) is 0 Å². The Labute approximate surface area is 171 Å². The standard InChI is InChI=1S/C23H28N5O/c1-23(2,3)21-17(16-10-12-27-11-5-4-9-20(16)27)7-6-8-18(21)26-19-15-25-28(13-14-29)22(19)24/h4-7,9-11,15,29H,8,12-14,24H2,1-3H3/q+1. The summed E-state index contributed by atoms with van der Waals surface area (Å²) >= 11 is 0. The molecule has 150 valence electrons. The van der Waals surface area contributed by atoms with Crippen LogP contribution in [0.2, 0.25) is 0 Å². The molecule has 0 atom stereocenters. The van der Waals surface area contributed by atoms with Crippen molar-refractivity contribution in [3.05, 3.63) is 65.7 Å². The summed E-state index contributed by atoms with van der Waals surface area (Å²) in [5, 5.41) is 13.4. The molecule has 2 aromatic heterocycles. The fourth-order valence-electron chi connectivity index (χ4n) is 4.10. The van der Waals surface area contributed by atoms with Crippen molar-refractivity contribution in [1.29, 1.82) is 0 Å². The van der Waals surface area contributed by atoms with Gasteiger partial charge >= 0.3 is 0 Å². The van der Waals surface area contributed by atoms with Gasteiger partial charge in [-0.2, -0.15) is 9.67 Å². The summed E-state index contributed by atoms with van der Waals surface area (Å²) in [4.78, 5) is 4.93. The number of aromatic nitrogens is 3. The quantitative estimate of drug-likeness (QED) is 0.787. The summed E-state index contributed by atoms with van der Waals surface area (Å²) in [6, 6.07) is 6.32. The number of anilines is 1. The molecule has 0 radical (unpaired) electrons. The Hall–Kier alpha value is -2.99. The molecule has 0 saturated heterocycles. The molecule has 0 fully saturated rings. The number of nitrogen functional groups attached to an aromatic ring is 1. The highest BCUT2D eigenvalue weighted by atomic mass is 16.3. The third-order valence-electron chi connectivity index (χ3n) is 5.33. The molecular weight excluding hydrogens is 362 g/mol. The minimum absolute atomic E-state index is 0.00679. The van der Waals surface area contributed by atoms with Crippen LogP contribution in [0.1, 0.15) is 32.9 Å². The predicted octanol–water partition coefficient (Wildman–Crippen LogP) is 3.22. The van der Waals surface area contributed by atoms with E-state index in [1.807, 2.05) is 0 Å². The molecule has 0 amide bonds. The summed E-state index contributed by atoms with van der Waals surface area (Å²) in [6.45, 7) is 7.92. The van der Waals surface area contributed by atoms with Crippen molar-refractivity contribution in [2.24, 2.45) is 10.4 Å². The topological polar surface area (TPSA) is 80.3 Å². The van der Waals surface area contributed by atoms with Gasteiger partial charge in [0.2, 0.25) is 5.69 Å². The van der Waals surface area contributed by atoms with E-state index >= 15 is 0 Å². The lowest BCUT2D eigenvalue weighted by Gasteiger charge is -2.29. The first-order valence-electron chi connectivity index (χ1n) is 10.0. The predicted molar refractivity (Wildman–Crippen MR) is 116 cm³/mol. The van der Waals surface area contributed by atoms with Crippen molar-refractivity contribution in [1.82, 2.24) is 9.78 Å². The van der Waals surface area contributed by atoms with Crippen molar-refractivity contribution in [2.75, 3.05) is 12.3 Å². The molecule has 4 rings (SSSR count). The van der Waals surface area contributed by atoms with E-state index < -0.39 is 0 Å². The highest BCUT2D eigenvalue weighted by Gasteiger charge is 2.32. The normalized spacial score (nSPS) is 17.8. The van der Waals surface area contributed by atoms with Gasteiger partial charge in [0.05, 0.1) is 24.9 Å². The number of rotatable bonds is 4. The molecule has 0 aromatic carbocycles. The highest BCUT2D eigenvalue weighted by molar-refractivity contribution is 6.09. The van der Waals surface area contributed by atoms with E-state index in [1.54, 1.807) is 10.9 Å². The van der Waals surface area contributed by atoms with E-state index in [-0.39, 0.29) is 12.0 Å². The lowest BCUT2D eigenvalue weighted by atomic mass is 9.75. The molecule has 29 heavy (non-hydrogen) atoms. The summed E-state index contributed by atoms with van der Waals surface area (Å²) in [5.41, 5.74) is 12.7. The minimum Gasteiger partial charge on any atom is -0.394 e. The molecule has 2 aromatic rings. The zero-order chi connectivity index (χ0) is 20.6. The maximum Gasteiger partial charge on any atom is 0.213 e. The average Bonchev–Trinajstić information content (AvgIpc) is 3.26. The maximum absolute atomic E-state index is 9.18. The molecule has 0 bridgehead atoms. The molecule has 1 aliphatic carbocycles. The average molecular weight is 391 g/mol. The lowest BCUT2D eigenvalue weighted by Crippen LogP contribution is -2.33. The molecule has 1 aliphatic heterocycles. The third kappa shape index (κ3) is 3.56. The number of hydrogen-bond donors (Lipinski definition) is 2. The molecule has 6 nitrogen and oxygen atoms in total. The monoisotopic (exact) mass is 390 g/mol. The SMILES string of the molecule is CC(C)(C)C1=C(C2=CC[n+]3ccccc32)C=CCC1=Nc1cnn(CCO)c1N. The molecule has 3 heterocycles. The van der Waals surface area contributed by atoms with Gasteiger partial charge in [-0.25, -0.2) is 9.67 Å². The van der Waals surface area contributed by atoms with Crippen LogP contribution in [0, 0.1) is 5.41 Å². The number of fused-ring (bicyclic) bond motifs is 1. The van der Waals surface area contributed by atoms with Gasteiger partial charge < -0.3 is 10.8 Å². The number of hydrogen-bond acceptors (Lipinski definition) is 4. The number of nitrogens with two attached hydrogens (primary N) is 1. The van der Waals surface area contributed by atoms with Crippen molar-refractivity contribution in [2.45, 2.75) is 40.3 Å². The van der Waals surface area contributed by atoms with Gasteiger partial charge in [0.1, 0.15) is 11.5 Å². The Morgan fingerprint density at radius 1 is 1.31 bits per heavy atom. The molecule has 0 unspecified atom stereocenters. The zero-order valence-electron chi connectivity index (χ0n) is 17.3. The number of aliphatic hydroxyl groups excluding tert-OH is 1. The number of aliphatic hydroxyl groups is 1. The first kappa shape index (κ1) is 19.3. The van der Waals surface area contributed by atoms with Crippen LogP contribution in [0.15, 0.2) is 65.0 Å². The number of aliphatic imine (C=N–C) groups is 1. The van der Waals surface area contributed by atoms with Crippen LogP contribution in [0.4, 0.5) is 11.5 Å². The Morgan fingerprint density at radius 3 is 2.90 bits per heavy atom. The lowest BCUT2D eigenvalue weighted by molar-refractivity contribution is -0.684. The Kier molecular flexibility index (Phi) is 4.96. The Morgan fingerprint density at radius 2 is 2.14 bits per heavy atom. The van der Waals surface area contributed by atoms with Gasteiger partial charge in [-0.3, -0.25) is 0 Å². The number of pyridine rings is 1. The van der Waals surface area contributed by atoms with Crippen LogP contribution in [0.25, 0.3) is 5.57 Å². The van der Waals surface area contributed by atoms with Crippen LogP contribution in [-0.2, 0) is 13.1 Å².